The highest BCUT2D eigenvalue weighted by atomic mass is 32.1. The topological polar surface area (TPSA) is 97.8 Å². The van der Waals surface area contributed by atoms with Gasteiger partial charge in [-0.05, 0) is 0 Å². The van der Waals surface area contributed by atoms with Gasteiger partial charge in [-0.1, -0.05) is 16.5 Å². The Labute approximate surface area is 81.8 Å². The highest BCUT2D eigenvalue weighted by Crippen LogP contribution is 2.19. The molecular formula is C6H6FN3O3S. The van der Waals surface area contributed by atoms with Gasteiger partial charge in [0, 0.05) is 0 Å². The second kappa shape index (κ2) is 4.01. The summed E-state index contributed by atoms with van der Waals surface area (Å²) in [6.07, 6.45) is 0. The molecule has 1 aromatic rings. The van der Waals surface area contributed by atoms with E-state index in [0.29, 0.717) is 11.3 Å². The summed E-state index contributed by atoms with van der Waals surface area (Å²) in [7, 11) is 1.07. The Morgan fingerprint density at radius 2 is 2.43 bits per heavy atom. The minimum absolute atomic E-state index is 0.0671. The summed E-state index contributed by atoms with van der Waals surface area (Å²) in [6, 6.07) is 0. The molecule has 3 N–H and O–H groups in total. The highest BCUT2D eigenvalue weighted by Gasteiger charge is 2.23. The second-order valence-electron chi connectivity index (χ2n) is 2.11. The van der Waals surface area contributed by atoms with Crippen LogP contribution in [0.25, 0.3) is 0 Å². The fourth-order valence-corrected chi connectivity index (χ4v) is 1.30. The highest BCUT2D eigenvalue weighted by molar-refractivity contribution is 7.14. The van der Waals surface area contributed by atoms with E-state index in [1.165, 1.54) is 0 Å². The summed E-state index contributed by atoms with van der Waals surface area (Å²) in [4.78, 5) is 14.4. The van der Waals surface area contributed by atoms with E-state index in [1.54, 1.807) is 0 Å². The third-order valence-electron chi connectivity index (χ3n) is 1.31. The van der Waals surface area contributed by atoms with Crippen molar-refractivity contribution in [2.45, 2.75) is 0 Å². The molecule has 0 unspecified atom stereocenters. The van der Waals surface area contributed by atoms with Crippen LogP contribution < -0.4 is 5.73 Å². The van der Waals surface area contributed by atoms with Crippen molar-refractivity contribution in [1.82, 2.24) is 4.98 Å². The molecule has 8 heteroatoms. The van der Waals surface area contributed by atoms with Gasteiger partial charge in [0.25, 0.3) is 0 Å². The summed E-state index contributed by atoms with van der Waals surface area (Å²) in [5.74, 6) is -0.989. The van der Waals surface area contributed by atoms with E-state index >= 15 is 0 Å². The summed E-state index contributed by atoms with van der Waals surface area (Å²) < 4.78 is 17.3. The number of hydrogen-bond donors (Lipinski definition) is 2. The summed E-state index contributed by atoms with van der Waals surface area (Å²) >= 11 is 0.541. The molecule has 0 saturated heterocycles. The molecule has 1 rings (SSSR count). The first kappa shape index (κ1) is 10.4. The van der Waals surface area contributed by atoms with Gasteiger partial charge in [0.2, 0.25) is 10.8 Å². The fourth-order valence-electron chi connectivity index (χ4n) is 0.745. The number of nitrogens with zero attached hydrogens (tertiary/aromatic N) is 2. The maximum absolute atomic E-state index is 13.0. The molecule has 0 atom stereocenters. The van der Waals surface area contributed by atoms with Crippen LogP contribution in [-0.4, -0.2) is 29.0 Å². The largest absolute Gasteiger partial charge is 0.464 e. The molecule has 14 heavy (non-hydrogen) atoms. The number of carbonyl (C=O) groups excluding carboxylic acids is 1. The molecule has 0 radical (unpaired) electrons. The van der Waals surface area contributed by atoms with Crippen molar-refractivity contribution >= 4 is 28.1 Å². The van der Waals surface area contributed by atoms with Crippen molar-refractivity contribution in [1.29, 1.82) is 0 Å². The van der Waals surface area contributed by atoms with Gasteiger partial charge in [-0.3, -0.25) is 0 Å². The number of rotatable bonds is 2. The summed E-state index contributed by atoms with van der Waals surface area (Å²) in [5, 5.41) is 10.2. The number of nitrogen functional groups attached to an aromatic ring is 1. The van der Waals surface area contributed by atoms with Gasteiger partial charge >= 0.3 is 5.97 Å². The van der Waals surface area contributed by atoms with Crippen molar-refractivity contribution in [3.8, 4) is 0 Å². The molecule has 0 spiro atoms. The Bertz CT molecular complexity index is 390. The predicted octanol–water partition coefficient (Wildman–Crippen LogP) is 0.216. The monoisotopic (exact) mass is 219 g/mol. The van der Waals surface area contributed by atoms with E-state index in [2.05, 4.69) is 14.9 Å². The second-order valence-corrected chi connectivity index (χ2v) is 3.10. The molecular weight excluding hydrogens is 213 g/mol. The van der Waals surface area contributed by atoms with Crippen LogP contribution in [-0.2, 0) is 9.53 Å². The fraction of sp³-hybridized carbons (Fsp3) is 0.167. The number of nitrogens with two attached hydrogens (primary N) is 1. The smallest absolute Gasteiger partial charge is 0.362 e. The zero-order valence-corrected chi connectivity index (χ0v) is 7.84. The van der Waals surface area contributed by atoms with E-state index < -0.39 is 22.5 Å². The molecule has 0 fully saturated rings. The van der Waals surface area contributed by atoms with Gasteiger partial charge in [0.1, 0.15) is 5.69 Å². The summed E-state index contributed by atoms with van der Waals surface area (Å²) in [5.41, 5.74) is 4.16. The number of esters is 1. The van der Waals surface area contributed by atoms with Crippen LogP contribution in [0.4, 0.5) is 9.52 Å². The van der Waals surface area contributed by atoms with Crippen molar-refractivity contribution < 1.29 is 19.1 Å². The normalized spacial score (nSPS) is 11.4. The van der Waals surface area contributed by atoms with E-state index in [1.807, 2.05) is 0 Å². The van der Waals surface area contributed by atoms with Crippen LogP contribution in [0.15, 0.2) is 5.16 Å². The zero-order valence-electron chi connectivity index (χ0n) is 7.02. The lowest BCUT2D eigenvalue weighted by atomic mass is 10.3. The van der Waals surface area contributed by atoms with E-state index in [4.69, 9.17) is 10.9 Å². The number of oxime groups is 1. The number of thiazole rings is 1. The Balaban J connectivity index is 3.14. The average molecular weight is 219 g/mol. The lowest BCUT2D eigenvalue weighted by Gasteiger charge is -1.97. The third kappa shape index (κ3) is 1.79. The van der Waals surface area contributed by atoms with E-state index in [9.17, 15) is 9.18 Å². The van der Waals surface area contributed by atoms with Crippen LogP contribution >= 0.6 is 11.3 Å². The zero-order chi connectivity index (χ0) is 10.7. The first-order valence-electron chi connectivity index (χ1n) is 3.32. The maximum atomic E-state index is 13.0. The minimum Gasteiger partial charge on any atom is -0.464 e. The number of anilines is 1. The molecule has 0 aliphatic rings. The first-order chi connectivity index (χ1) is 6.60. The number of aromatic nitrogens is 1. The van der Waals surface area contributed by atoms with E-state index in [0.717, 1.165) is 7.11 Å². The van der Waals surface area contributed by atoms with Crippen molar-refractivity contribution in [2.75, 3.05) is 12.8 Å². The van der Waals surface area contributed by atoms with Gasteiger partial charge < -0.3 is 15.7 Å². The molecule has 1 aromatic heterocycles. The molecule has 76 valence electrons. The van der Waals surface area contributed by atoms with Crippen molar-refractivity contribution in [3.63, 3.8) is 0 Å². The molecule has 0 saturated carbocycles. The number of halogens is 1. The Kier molecular flexibility index (Phi) is 2.97. The number of ether oxygens (including phenoxy) is 1. The molecule has 6 nitrogen and oxygen atoms in total. The van der Waals surface area contributed by atoms with Crippen LogP contribution in [0.5, 0.6) is 0 Å². The molecule has 0 aliphatic carbocycles. The van der Waals surface area contributed by atoms with Crippen molar-refractivity contribution in [2.24, 2.45) is 5.16 Å². The van der Waals surface area contributed by atoms with E-state index in [-0.39, 0.29) is 5.13 Å². The predicted molar refractivity (Wildman–Crippen MR) is 46.8 cm³/mol. The third-order valence-corrected chi connectivity index (χ3v) is 1.98. The first-order valence-corrected chi connectivity index (χ1v) is 4.14. The molecule has 0 bridgehead atoms. The number of hydrogen-bond acceptors (Lipinski definition) is 7. The Morgan fingerprint density at radius 1 is 1.79 bits per heavy atom. The Morgan fingerprint density at radius 3 is 2.79 bits per heavy atom. The van der Waals surface area contributed by atoms with Crippen LogP contribution in [0.1, 0.15) is 5.69 Å². The summed E-state index contributed by atoms with van der Waals surface area (Å²) in [6.45, 7) is 0. The minimum atomic E-state index is -0.989. The lowest BCUT2D eigenvalue weighted by molar-refractivity contribution is -0.132. The quantitative estimate of drug-likeness (QED) is 0.321. The molecule has 1 heterocycles. The Hall–Kier alpha value is -1.70. The molecule has 0 aliphatic heterocycles. The van der Waals surface area contributed by atoms with Gasteiger partial charge in [0.15, 0.2) is 5.13 Å². The molecule has 0 aromatic carbocycles. The number of methoxy groups -OCH3 is 1. The van der Waals surface area contributed by atoms with Crippen LogP contribution in [0, 0.1) is 5.13 Å². The standard InChI is InChI=1S/C6H6FN3O3S/c1-13-5(11)3(10-12)2-4(7)14-6(8)9-2/h12H,1H3,(H2,8,9)/b10-3-. The van der Waals surface area contributed by atoms with Crippen molar-refractivity contribution in [3.05, 3.63) is 10.8 Å². The SMILES string of the molecule is COC(=O)/C(=N\O)c1nc(N)sc1F. The lowest BCUT2D eigenvalue weighted by Crippen LogP contribution is -2.18. The number of carbonyl (C=O) groups is 1. The van der Waals surface area contributed by atoms with Crippen LogP contribution in [0.2, 0.25) is 0 Å². The van der Waals surface area contributed by atoms with Crippen LogP contribution in [0.3, 0.4) is 0 Å². The van der Waals surface area contributed by atoms with Gasteiger partial charge in [-0.25, -0.2) is 9.78 Å². The van der Waals surface area contributed by atoms with Gasteiger partial charge in [0.05, 0.1) is 7.11 Å². The van der Waals surface area contributed by atoms with Gasteiger partial charge in [-0.2, -0.15) is 4.39 Å². The average Bonchev–Trinajstić information content (AvgIpc) is 2.47. The molecule has 0 amide bonds. The maximum Gasteiger partial charge on any atom is 0.362 e. The van der Waals surface area contributed by atoms with Gasteiger partial charge in [-0.15, -0.1) is 0 Å².